The Morgan fingerprint density at radius 3 is 2.77 bits per heavy atom. The van der Waals surface area contributed by atoms with Gasteiger partial charge in [-0.15, -0.1) is 0 Å². The van der Waals surface area contributed by atoms with Crippen molar-refractivity contribution in [2.75, 3.05) is 31.1 Å². The number of carbonyl (C=O) groups is 1. The zero-order chi connectivity index (χ0) is 18.3. The van der Waals surface area contributed by atoms with Crippen LogP contribution in [0, 0.1) is 6.92 Å². The highest BCUT2D eigenvalue weighted by molar-refractivity contribution is 5.94. The van der Waals surface area contributed by atoms with Gasteiger partial charge in [0.15, 0.2) is 5.69 Å². The lowest BCUT2D eigenvalue weighted by molar-refractivity contribution is -0.00702. The second-order valence-corrected chi connectivity index (χ2v) is 7.00. The van der Waals surface area contributed by atoms with Crippen LogP contribution in [-0.4, -0.2) is 63.3 Å². The molecule has 0 bridgehead atoms. The van der Waals surface area contributed by atoms with E-state index in [-0.39, 0.29) is 18.1 Å². The molecule has 0 aliphatic carbocycles. The third-order valence-electron chi connectivity index (χ3n) is 5.09. The average Bonchev–Trinajstić information content (AvgIpc) is 3.05. The van der Waals surface area contributed by atoms with Gasteiger partial charge in [0.25, 0.3) is 5.91 Å². The molecule has 1 amide bonds. The topological polar surface area (TPSA) is 87.2 Å². The summed E-state index contributed by atoms with van der Waals surface area (Å²) in [6.07, 6.45) is 2.53. The summed E-state index contributed by atoms with van der Waals surface area (Å²) in [4.78, 5) is 25.7. The fourth-order valence-electron chi connectivity index (χ4n) is 3.76. The number of nitrogens with one attached hydrogen (secondary N) is 1. The van der Waals surface area contributed by atoms with E-state index in [9.17, 15) is 4.79 Å². The third-order valence-corrected chi connectivity index (χ3v) is 5.09. The minimum Gasteiger partial charge on any atom is -0.369 e. The van der Waals surface area contributed by atoms with Crippen LogP contribution in [0.5, 0.6) is 0 Å². The molecular weight excluding hydrogens is 332 g/mol. The van der Waals surface area contributed by atoms with Crippen LogP contribution in [0.4, 0.5) is 5.82 Å². The fourth-order valence-corrected chi connectivity index (χ4v) is 3.76. The molecule has 4 heterocycles. The quantitative estimate of drug-likeness (QED) is 0.877. The Balaban J connectivity index is 1.46. The van der Waals surface area contributed by atoms with Gasteiger partial charge in [0.2, 0.25) is 0 Å². The van der Waals surface area contributed by atoms with Gasteiger partial charge in [-0.1, -0.05) is 0 Å². The Bertz CT molecular complexity index is 812. The Morgan fingerprint density at radius 1 is 1.27 bits per heavy atom. The van der Waals surface area contributed by atoms with Crippen LogP contribution >= 0.6 is 0 Å². The number of H-pyrrole nitrogens is 1. The summed E-state index contributed by atoms with van der Waals surface area (Å²) in [5.41, 5.74) is 2.49. The summed E-state index contributed by atoms with van der Waals surface area (Å²) < 4.78 is 5.81. The maximum Gasteiger partial charge on any atom is 0.274 e. The Hall–Kier alpha value is -2.48. The van der Waals surface area contributed by atoms with E-state index in [4.69, 9.17) is 4.74 Å². The number of piperazine rings is 1. The lowest BCUT2D eigenvalue weighted by atomic mass is 9.99. The predicted octanol–water partition coefficient (Wildman–Crippen LogP) is 1.49. The number of hydrogen-bond acceptors (Lipinski definition) is 6. The molecule has 26 heavy (non-hydrogen) atoms. The molecule has 0 unspecified atom stereocenters. The van der Waals surface area contributed by atoms with Crippen LogP contribution in [0.25, 0.3) is 0 Å². The summed E-state index contributed by atoms with van der Waals surface area (Å²) in [7, 11) is 0. The molecule has 1 saturated heterocycles. The standard InChI is InChI=1S/C18H24N6O2/c1-11-10-14-16(12(2)26-11)21-22-17(14)18(25)24-8-6-23(7-9-24)15-4-5-19-13(3)20-15/h4-5,11-12H,6-10H2,1-3H3,(H,21,22)/t11-,12+/m1/s1. The molecule has 0 radical (unpaired) electrons. The summed E-state index contributed by atoms with van der Waals surface area (Å²) in [5.74, 6) is 1.68. The molecule has 2 aromatic heterocycles. The molecule has 0 spiro atoms. The maximum atomic E-state index is 13.0. The van der Waals surface area contributed by atoms with Gasteiger partial charge in [-0.2, -0.15) is 5.10 Å². The largest absolute Gasteiger partial charge is 0.369 e. The van der Waals surface area contributed by atoms with E-state index in [1.54, 1.807) is 6.20 Å². The Labute approximate surface area is 152 Å². The van der Waals surface area contributed by atoms with E-state index in [2.05, 4.69) is 25.1 Å². The highest BCUT2D eigenvalue weighted by Crippen LogP contribution is 2.30. The van der Waals surface area contributed by atoms with Crippen molar-refractivity contribution in [3.8, 4) is 0 Å². The van der Waals surface area contributed by atoms with Crippen LogP contribution in [0.15, 0.2) is 12.3 Å². The first-order chi connectivity index (χ1) is 12.5. The highest BCUT2D eigenvalue weighted by atomic mass is 16.5. The van der Waals surface area contributed by atoms with Gasteiger partial charge in [-0.05, 0) is 26.8 Å². The lowest BCUT2D eigenvalue weighted by Crippen LogP contribution is -2.49. The number of amides is 1. The molecule has 4 rings (SSSR count). The van der Waals surface area contributed by atoms with Gasteiger partial charge < -0.3 is 14.5 Å². The average molecular weight is 356 g/mol. The summed E-state index contributed by atoms with van der Waals surface area (Å²) >= 11 is 0. The summed E-state index contributed by atoms with van der Waals surface area (Å²) in [6, 6.07) is 1.91. The number of rotatable bonds is 2. The van der Waals surface area contributed by atoms with Crippen LogP contribution in [-0.2, 0) is 11.2 Å². The van der Waals surface area contributed by atoms with Gasteiger partial charge >= 0.3 is 0 Å². The van der Waals surface area contributed by atoms with Gasteiger partial charge in [-0.25, -0.2) is 9.97 Å². The SMILES string of the molecule is Cc1nccc(N2CCN(C(=O)c3n[nH]c4c3C[C@@H](C)O[C@H]4C)CC2)n1. The van der Waals surface area contributed by atoms with E-state index < -0.39 is 0 Å². The predicted molar refractivity (Wildman–Crippen MR) is 96.1 cm³/mol. The molecule has 1 N–H and O–H groups in total. The minimum absolute atomic E-state index is 0.00215. The molecule has 2 aliphatic heterocycles. The Morgan fingerprint density at radius 2 is 2.04 bits per heavy atom. The number of carbonyl (C=O) groups excluding carboxylic acids is 1. The number of ether oxygens (including phenoxy) is 1. The van der Waals surface area contributed by atoms with Crippen LogP contribution < -0.4 is 4.90 Å². The monoisotopic (exact) mass is 356 g/mol. The van der Waals surface area contributed by atoms with Crippen molar-refractivity contribution in [3.05, 3.63) is 35.0 Å². The second-order valence-electron chi connectivity index (χ2n) is 7.00. The smallest absolute Gasteiger partial charge is 0.274 e. The molecule has 1 fully saturated rings. The van der Waals surface area contributed by atoms with E-state index >= 15 is 0 Å². The van der Waals surface area contributed by atoms with Crippen LogP contribution in [0.2, 0.25) is 0 Å². The molecule has 2 aliphatic rings. The summed E-state index contributed by atoms with van der Waals surface area (Å²) in [6.45, 7) is 8.73. The van der Waals surface area contributed by atoms with Gasteiger partial charge in [0.1, 0.15) is 11.6 Å². The van der Waals surface area contributed by atoms with Gasteiger partial charge in [0.05, 0.1) is 17.9 Å². The number of hydrogen-bond donors (Lipinski definition) is 1. The number of nitrogens with zero attached hydrogens (tertiary/aromatic N) is 5. The zero-order valence-electron chi connectivity index (χ0n) is 15.4. The number of fused-ring (bicyclic) bond motifs is 1. The van der Waals surface area contributed by atoms with Gasteiger partial charge in [-0.3, -0.25) is 9.89 Å². The van der Waals surface area contributed by atoms with Gasteiger partial charge in [0, 0.05) is 44.4 Å². The van der Waals surface area contributed by atoms with E-state index in [0.717, 1.165) is 42.4 Å². The third kappa shape index (κ3) is 3.05. The summed E-state index contributed by atoms with van der Waals surface area (Å²) in [5, 5.41) is 7.32. The molecule has 2 aromatic rings. The van der Waals surface area contributed by atoms with E-state index in [1.807, 2.05) is 31.7 Å². The fraction of sp³-hybridized carbons (Fsp3) is 0.556. The normalized spacial score (nSPS) is 23.0. The number of aromatic amines is 1. The minimum atomic E-state index is -0.0550. The van der Waals surface area contributed by atoms with E-state index in [1.165, 1.54) is 0 Å². The first-order valence-electron chi connectivity index (χ1n) is 9.09. The van der Waals surface area contributed by atoms with Crippen molar-refractivity contribution in [2.45, 2.75) is 39.4 Å². The van der Waals surface area contributed by atoms with Crippen molar-refractivity contribution >= 4 is 11.7 Å². The molecule has 2 atom stereocenters. The molecule has 138 valence electrons. The number of anilines is 1. The van der Waals surface area contributed by atoms with Crippen molar-refractivity contribution < 1.29 is 9.53 Å². The number of aryl methyl sites for hydroxylation is 1. The van der Waals surface area contributed by atoms with Crippen molar-refractivity contribution in [1.29, 1.82) is 0 Å². The molecule has 8 nitrogen and oxygen atoms in total. The van der Waals surface area contributed by atoms with Crippen molar-refractivity contribution in [3.63, 3.8) is 0 Å². The second kappa shape index (κ2) is 6.68. The Kier molecular flexibility index (Phi) is 4.36. The molecule has 0 saturated carbocycles. The van der Waals surface area contributed by atoms with E-state index in [0.29, 0.717) is 18.8 Å². The lowest BCUT2D eigenvalue weighted by Gasteiger charge is -2.35. The van der Waals surface area contributed by atoms with Crippen LogP contribution in [0.3, 0.4) is 0 Å². The zero-order valence-corrected chi connectivity index (χ0v) is 15.4. The van der Waals surface area contributed by atoms with Crippen LogP contribution in [0.1, 0.15) is 47.5 Å². The first kappa shape index (κ1) is 17.0. The molecule has 8 heteroatoms. The molecular formula is C18H24N6O2. The highest BCUT2D eigenvalue weighted by Gasteiger charge is 2.32. The van der Waals surface area contributed by atoms with Crippen molar-refractivity contribution in [2.24, 2.45) is 0 Å². The maximum absolute atomic E-state index is 13.0. The number of aromatic nitrogens is 4. The first-order valence-corrected chi connectivity index (χ1v) is 9.09. The van der Waals surface area contributed by atoms with Crippen molar-refractivity contribution in [1.82, 2.24) is 25.1 Å². The molecule has 0 aromatic carbocycles.